The maximum Gasteiger partial charge on any atom is 0.246 e. The zero-order valence-electron chi connectivity index (χ0n) is 23.2. The smallest absolute Gasteiger partial charge is 0.246 e. The molecule has 5 aromatic rings. The molecule has 12 heteroatoms. The number of hydrogen-bond donors (Lipinski definition) is 2. The van der Waals surface area contributed by atoms with Crippen molar-refractivity contribution < 1.29 is 19.1 Å². The average Bonchev–Trinajstić information content (AvgIpc) is 3.62. The molecular formula is C30H30N8O4. The fourth-order valence-electron chi connectivity index (χ4n) is 3.93. The molecule has 0 spiro atoms. The largest absolute Gasteiger partial charge is 0.483 e. The molecule has 214 valence electrons. The first-order chi connectivity index (χ1) is 20.4. The van der Waals surface area contributed by atoms with Crippen molar-refractivity contribution in [2.24, 2.45) is 0 Å². The molecule has 2 N–H and O–H groups in total. The molecule has 0 aliphatic heterocycles. The third kappa shape index (κ3) is 8.01. The van der Waals surface area contributed by atoms with Crippen LogP contribution < -0.4 is 20.1 Å². The minimum Gasteiger partial charge on any atom is -0.483 e. The minimum atomic E-state index is -0.209. The Kier molecular flexibility index (Phi) is 8.82. The van der Waals surface area contributed by atoms with Gasteiger partial charge in [0, 0.05) is 11.4 Å². The lowest BCUT2D eigenvalue weighted by molar-refractivity contribution is -0.117. The van der Waals surface area contributed by atoms with Crippen LogP contribution in [0.1, 0.15) is 22.5 Å². The van der Waals surface area contributed by atoms with E-state index in [1.165, 1.54) is 9.36 Å². The van der Waals surface area contributed by atoms with E-state index in [1.54, 1.807) is 24.5 Å². The number of benzene rings is 3. The van der Waals surface area contributed by atoms with Gasteiger partial charge in [0.25, 0.3) is 0 Å². The van der Waals surface area contributed by atoms with Gasteiger partial charge in [0.05, 0.1) is 12.4 Å². The monoisotopic (exact) mass is 566 g/mol. The Morgan fingerprint density at radius 3 is 1.45 bits per heavy atom. The minimum absolute atomic E-state index is 0.0227. The average molecular weight is 567 g/mol. The lowest BCUT2D eigenvalue weighted by Crippen LogP contribution is -2.19. The number of hydrogen-bond acceptors (Lipinski definition) is 8. The Labute approximate surface area is 242 Å². The summed E-state index contributed by atoms with van der Waals surface area (Å²) >= 11 is 0. The van der Waals surface area contributed by atoms with Crippen LogP contribution in [0.3, 0.4) is 0 Å². The summed E-state index contributed by atoms with van der Waals surface area (Å²) in [7, 11) is 0. The Balaban J connectivity index is 1.09. The maximum absolute atomic E-state index is 12.3. The van der Waals surface area contributed by atoms with Crippen molar-refractivity contribution in [1.29, 1.82) is 0 Å². The number of carbonyl (C=O) groups is 2. The molecule has 42 heavy (non-hydrogen) atoms. The molecule has 3 aromatic carbocycles. The highest BCUT2D eigenvalue weighted by molar-refractivity contribution is 5.91. The molecule has 0 unspecified atom stereocenters. The number of ether oxygens (including phenoxy) is 2. The predicted molar refractivity (Wildman–Crippen MR) is 155 cm³/mol. The van der Waals surface area contributed by atoms with E-state index in [4.69, 9.17) is 9.47 Å². The molecule has 2 amide bonds. The normalized spacial score (nSPS) is 10.7. The standard InChI is InChI=1S/C30H30N8O4/c1-21-7-11-23(12-8-21)31-29(39)17-37-15-25(33-35-37)19-41-27-5-3-4-6-28(27)42-20-26-16-38(36-34-26)18-30(40)32-24-13-9-22(2)10-14-24/h3-16H,17-20H2,1-2H3,(H,31,39)(H,32,40). The zero-order valence-corrected chi connectivity index (χ0v) is 23.2. The summed E-state index contributed by atoms with van der Waals surface area (Å²) in [6.45, 7) is 4.28. The predicted octanol–water partition coefficient (Wildman–Crippen LogP) is 3.92. The summed E-state index contributed by atoms with van der Waals surface area (Å²) < 4.78 is 14.8. The van der Waals surface area contributed by atoms with Gasteiger partial charge in [0.1, 0.15) is 37.7 Å². The molecule has 0 fully saturated rings. The maximum atomic E-state index is 12.3. The van der Waals surface area contributed by atoms with E-state index in [2.05, 4.69) is 31.3 Å². The van der Waals surface area contributed by atoms with Gasteiger partial charge in [0.15, 0.2) is 11.5 Å². The van der Waals surface area contributed by atoms with Gasteiger partial charge in [-0.15, -0.1) is 10.2 Å². The number of aromatic nitrogens is 6. The number of anilines is 2. The van der Waals surface area contributed by atoms with Crippen LogP contribution >= 0.6 is 0 Å². The number of amides is 2. The van der Waals surface area contributed by atoms with Gasteiger partial charge < -0.3 is 20.1 Å². The number of nitrogens with one attached hydrogen (secondary N) is 2. The van der Waals surface area contributed by atoms with Gasteiger partial charge in [-0.25, -0.2) is 9.36 Å². The first-order valence-corrected chi connectivity index (χ1v) is 13.3. The summed E-state index contributed by atoms with van der Waals surface area (Å²) in [5, 5.41) is 21.9. The number of para-hydroxylation sites is 2. The number of nitrogens with zero attached hydrogens (tertiary/aromatic N) is 6. The highest BCUT2D eigenvalue weighted by Crippen LogP contribution is 2.27. The summed E-state index contributed by atoms with van der Waals surface area (Å²) in [4.78, 5) is 24.7. The zero-order chi connectivity index (χ0) is 29.3. The first kappa shape index (κ1) is 28.0. The van der Waals surface area contributed by atoms with Gasteiger partial charge >= 0.3 is 0 Å². The van der Waals surface area contributed by atoms with E-state index in [9.17, 15) is 9.59 Å². The Morgan fingerprint density at radius 1 is 0.643 bits per heavy atom. The van der Waals surface area contributed by atoms with Gasteiger partial charge in [-0.05, 0) is 50.2 Å². The Bertz CT molecular complexity index is 1520. The number of aryl methyl sites for hydroxylation is 2. The second kappa shape index (κ2) is 13.2. The summed E-state index contributed by atoms with van der Waals surface area (Å²) in [6.07, 6.45) is 3.32. The molecule has 2 heterocycles. The van der Waals surface area contributed by atoms with Crippen LogP contribution in [0, 0.1) is 13.8 Å². The van der Waals surface area contributed by atoms with Crippen LogP contribution in [0.2, 0.25) is 0 Å². The van der Waals surface area contributed by atoms with Crippen LogP contribution in [0.5, 0.6) is 11.5 Å². The Morgan fingerprint density at radius 2 is 1.05 bits per heavy atom. The van der Waals surface area contributed by atoms with Crippen molar-refractivity contribution >= 4 is 23.2 Å². The van der Waals surface area contributed by atoms with E-state index < -0.39 is 0 Å². The lowest BCUT2D eigenvalue weighted by Gasteiger charge is -2.11. The summed E-state index contributed by atoms with van der Waals surface area (Å²) in [6, 6.07) is 22.3. The molecule has 5 rings (SSSR count). The molecule has 0 saturated heterocycles. The van der Waals surface area contributed by atoms with Crippen molar-refractivity contribution in [2.45, 2.75) is 40.2 Å². The van der Waals surface area contributed by atoms with Crippen LogP contribution in [0.25, 0.3) is 0 Å². The van der Waals surface area contributed by atoms with Crippen molar-refractivity contribution in [3.8, 4) is 11.5 Å². The third-order valence-electron chi connectivity index (χ3n) is 6.05. The first-order valence-electron chi connectivity index (χ1n) is 13.3. The molecule has 0 aliphatic rings. The fourth-order valence-corrected chi connectivity index (χ4v) is 3.93. The van der Waals surface area contributed by atoms with Crippen molar-refractivity contribution in [3.63, 3.8) is 0 Å². The van der Waals surface area contributed by atoms with E-state index in [0.29, 0.717) is 22.9 Å². The molecule has 0 atom stereocenters. The van der Waals surface area contributed by atoms with E-state index in [0.717, 1.165) is 22.5 Å². The topological polar surface area (TPSA) is 138 Å². The molecule has 0 radical (unpaired) electrons. The Hall–Kier alpha value is -5.52. The molecule has 0 aliphatic carbocycles. The fraction of sp³-hybridized carbons (Fsp3) is 0.200. The van der Waals surface area contributed by atoms with Crippen molar-refractivity contribution in [3.05, 3.63) is 108 Å². The highest BCUT2D eigenvalue weighted by Gasteiger charge is 2.11. The van der Waals surface area contributed by atoms with Gasteiger partial charge in [-0.3, -0.25) is 9.59 Å². The SMILES string of the molecule is Cc1ccc(NC(=O)Cn2cc(COc3ccccc3OCc3cn(CC(=O)Nc4ccc(C)cc4)nn3)nn2)cc1. The van der Waals surface area contributed by atoms with Gasteiger partial charge in [-0.1, -0.05) is 58.0 Å². The van der Waals surface area contributed by atoms with Crippen LogP contribution in [-0.4, -0.2) is 41.8 Å². The van der Waals surface area contributed by atoms with Crippen LogP contribution in [0.15, 0.2) is 85.2 Å². The lowest BCUT2D eigenvalue weighted by atomic mass is 10.2. The molecule has 0 saturated carbocycles. The van der Waals surface area contributed by atoms with E-state index in [1.807, 2.05) is 74.5 Å². The number of rotatable bonds is 12. The van der Waals surface area contributed by atoms with E-state index >= 15 is 0 Å². The second-order valence-corrected chi connectivity index (χ2v) is 9.67. The third-order valence-corrected chi connectivity index (χ3v) is 6.05. The van der Waals surface area contributed by atoms with E-state index in [-0.39, 0.29) is 38.1 Å². The number of carbonyl (C=O) groups excluding carboxylic acids is 2. The summed E-state index contributed by atoms with van der Waals surface area (Å²) in [5.41, 5.74) is 4.78. The quantitative estimate of drug-likeness (QED) is 0.232. The molecular weight excluding hydrogens is 536 g/mol. The molecule has 0 bridgehead atoms. The van der Waals surface area contributed by atoms with Crippen LogP contribution in [0.4, 0.5) is 11.4 Å². The van der Waals surface area contributed by atoms with Gasteiger partial charge in [0.2, 0.25) is 11.8 Å². The van der Waals surface area contributed by atoms with Crippen molar-refractivity contribution in [2.75, 3.05) is 10.6 Å². The highest BCUT2D eigenvalue weighted by atomic mass is 16.5. The van der Waals surface area contributed by atoms with Gasteiger partial charge in [-0.2, -0.15) is 0 Å². The summed E-state index contributed by atoms with van der Waals surface area (Å²) in [5.74, 6) is 0.598. The second-order valence-electron chi connectivity index (χ2n) is 9.67. The molecule has 2 aromatic heterocycles. The van der Waals surface area contributed by atoms with Crippen molar-refractivity contribution in [1.82, 2.24) is 30.0 Å². The molecule has 12 nitrogen and oxygen atoms in total. The van der Waals surface area contributed by atoms with Crippen LogP contribution in [-0.2, 0) is 35.9 Å².